The van der Waals surface area contributed by atoms with Crippen LogP contribution in [0, 0.1) is 18.8 Å². The van der Waals surface area contributed by atoms with Crippen LogP contribution in [0.4, 0.5) is 11.4 Å². The van der Waals surface area contributed by atoms with Gasteiger partial charge in [0.2, 0.25) is 0 Å². The molecule has 196 valence electrons. The third-order valence-electron chi connectivity index (χ3n) is 10.3. The van der Waals surface area contributed by atoms with Crippen molar-refractivity contribution in [2.75, 3.05) is 9.80 Å². The van der Waals surface area contributed by atoms with Crippen LogP contribution in [0.15, 0.2) is 90.3 Å². The number of nitrogens with zero attached hydrogens (tertiary/aromatic N) is 2. The largest absolute Gasteiger partial charge is 0.322 e. The molecule has 2 aliphatic carbocycles. The smallest absolute Gasteiger partial charge is 0.113 e. The molecule has 0 saturated heterocycles. The Kier molecular flexibility index (Phi) is 6.10. The highest BCUT2D eigenvalue weighted by Gasteiger charge is 2.60. The van der Waals surface area contributed by atoms with Crippen molar-refractivity contribution in [2.45, 2.75) is 89.6 Å². The van der Waals surface area contributed by atoms with Crippen molar-refractivity contribution >= 4 is 11.4 Å². The maximum absolute atomic E-state index is 2.86. The fraction of sp³-hybridized carbons (Fsp3) is 0.444. The average molecular weight is 503 g/mol. The zero-order chi connectivity index (χ0) is 25.7. The van der Waals surface area contributed by atoms with Crippen molar-refractivity contribution in [2.24, 2.45) is 11.8 Å². The van der Waals surface area contributed by atoms with E-state index in [-0.39, 0.29) is 5.41 Å². The Labute approximate surface area is 229 Å². The van der Waals surface area contributed by atoms with Crippen molar-refractivity contribution in [1.82, 2.24) is 0 Å². The maximum atomic E-state index is 2.86. The molecule has 4 aliphatic rings. The van der Waals surface area contributed by atoms with Gasteiger partial charge in [-0.05, 0) is 80.2 Å². The van der Waals surface area contributed by atoms with E-state index in [9.17, 15) is 0 Å². The van der Waals surface area contributed by atoms with E-state index in [2.05, 4.69) is 103 Å². The van der Waals surface area contributed by atoms with Gasteiger partial charge in [-0.1, -0.05) is 105 Å². The van der Waals surface area contributed by atoms with E-state index in [4.69, 9.17) is 0 Å². The van der Waals surface area contributed by atoms with Gasteiger partial charge in [0.1, 0.15) is 6.17 Å². The van der Waals surface area contributed by atoms with Gasteiger partial charge in [0.05, 0.1) is 11.1 Å². The number of para-hydroxylation sites is 2. The molecule has 0 bridgehead atoms. The van der Waals surface area contributed by atoms with Gasteiger partial charge in [-0.25, -0.2) is 0 Å². The Morgan fingerprint density at radius 2 is 1.21 bits per heavy atom. The van der Waals surface area contributed by atoms with Crippen LogP contribution in [0.5, 0.6) is 0 Å². The number of allylic oxidation sites excluding steroid dienone is 2. The van der Waals surface area contributed by atoms with Crippen molar-refractivity contribution in [3.63, 3.8) is 0 Å². The first-order valence-electron chi connectivity index (χ1n) is 15.2. The predicted molar refractivity (Wildman–Crippen MR) is 159 cm³/mol. The third-order valence-corrected chi connectivity index (χ3v) is 10.3. The maximum Gasteiger partial charge on any atom is 0.113 e. The van der Waals surface area contributed by atoms with Crippen molar-refractivity contribution in [3.05, 3.63) is 107 Å². The summed E-state index contributed by atoms with van der Waals surface area (Å²) in [5, 5.41) is 0. The lowest BCUT2D eigenvalue weighted by atomic mass is 9.60. The second-order valence-corrected chi connectivity index (χ2v) is 12.3. The van der Waals surface area contributed by atoms with Crippen LogP contribution in [0.25, 0.3) is 0 Å². The summed E-state index contributed by atoms with van der Waals surface area (Å²) in [6.45, 7) is 4.75. The molecule has 2 unspecified atom stereocenters. The molecule has 0 amide bonds. The number of aryl methyl sites for hydroxylation is 1. The Hall–Kier alpha value is -3.00. The van der Waals surface area contributed by atoms with Crippen molar-refractivity contribution in [1.29, 1.82) is 0 Å². The predicted octanol–water partition coefficient (Wildman–Crippen LogP) is 9.34. The first kappa shape index (κ1) is 24.1. The number of benzene rings is 3. The summed E-state index contributed by atoms with van der Waals surface area (Å²) in [6.07, 6.45) is 13.8. The highest BCUT2D eigenvalue weighted by atomic mass is 15.4. The Bertz CT molecular complexity index is 1330. The number of rotatable bonds is 4. The summed E-state index contributed by atoms with van der Waals surface area (Å²) in [4.78, 5) is 5.63. The highest BCUT2D eigenvalue weighted by molar-refractivity contribution is 5.81. The van der Waals surface area contributed by atoms with Gasteiger partial charge in [-0.3, -0.25) is 0 Å². The highest BCUT2D eigenvalue weighted by Crippen LogP contribution is 2.63. The van der Waals surface area contributed by atoms with Gasteiger partial charge in [0.15, 0.2) is 0 Å². The number of fused-ring (bicyclic) bond motifs is 3. The van der Waals surface area contributed by atoms with E-state index >= 15 is 0 Å². The molecule has 7 rings (SSSR count). The molecule has 2 fully saturated rings. The van der Waals surface area contributed by atoms with E-state index in [0.29, 0.717) is 18.0 Å². The summed E-state index contributed by atoms with van der Waals surface area (Å²) in [5.74, 6) is 1.29. The second-order valence-electron chi connectivity index (χ2n) is 12.3. The summed E-state index contributed by atoms with van der Waals surface area (Å²) < 4.78 is 0. The summed E-state index contributed by atoms with van der Waals surface area (Å²) in [6, 6.07) is 30.2. The van der Waals surface area contributed by atoms with E-state index < -0.39 is 0 Å². The lowest BCUT2D eigenvalue weighted by Gasteiger charge is -2.43. The molecule has 0 spiro atoms. The third kappa shape index (κ3) is 3.45. The molecular weight excluding hydrogens is 460 g/mol. The minimum Gasteiger partial charge on any atom is -0.322 e. The molecule has 2 heterocycles. The zero-order valence-electron chi connectivity index (χ0n) is 23.2. The quantitative estimate of drug-likeness (QED) is 0.351. The van der Waals surface area contributed by atoms with Crippen LogP contribution in [-0.4, -0.2) is 6.17 Å². The Balaban J connectivity index is 1.53. The minimum absolute atomic E-state index is 0.0906. The fourth-order valence-corrected chi connectivity index (χ4v) is 8.81. The second kappa shape index (κ2) is 9.63. The van der Waals surface area contributed by atoms with Gasteiger partial charge in [-0.2, -0.15) is 0 Å². The van der Waals surface area contributed by atoms with Gasteiger partial charge >= 0.3 is 0 Å². The first-order chi connectivity index (χ1) is 18.7. The van der Waals surface area contributed by atoms with E-state index in [1.54, 1.807) is 11.3 Å². The average Bonchev–Trinajstić information content (AvgIpc) is 3.45. The molecule has 0 radical (unpaired) electrons. The zero-order valence-corrected chi connectivity index (χ0v) is 23.2. The standard InChI is InChI=1S/C36H42N2/c1-26-16-12-14-24-32(26)37-27(2)34-36(29-19-8-4-9-20-29,30-21-10-5-11-22-30)31-23-13-15-25-33(31)38(34)35(37)28-17-6-3-7-18-28/h4,8-9,12-16,19-20,23-25,28,30,35H,3,5-7,10-11,17-18,21-22H2,1-2H3. The minimum atomic E-state index is -0.0906. The van der Waals surface area contributed by atoms with Crippen LogP contribution >= 0.6 is 0 Å². The molecule has 2 saturated carbocycles. The molecule has 3 aromatic carbocycles. The van der Waals surface area contributed by atoms with E-state index in [0.717, 1.165) is 0 Å². The number of anilines is 2. The Morgan fingerprint density at radius 1 is 0.605 bits per heavy atom. The number of hydrogen-bond donors (Lipinski definition) is 0. The summed E-state index contributed by atoms with van der Waals surface area (Å²) in [5.41, 5.74) is 10.2. The SMILES string of the molecule is CC1=C2N(c3ccccc3C2(c2ccccc2)C2CCCCC2)C(C2CCCCC2)N1c1ccccc1C. The lowest BCUT2D eigenvalue weighted by molar-refractivity contribution is 0.267. The van der Waals surface area contributed by atoms with Crippen LogP contribution < -0.4 is 9.80 Å². The normalized spacial score (nSPS) is 26.1. The van der Waals surface area contributed by atoms with Crippen LogP contribution in [0.3, 0.4) is 0 Å². The molecule has 2 heteroatoms. The van der Waals surface area contributed by atoms with Gasteiger partial charge in [0, 0.05) is 17.1 Å². The van der Waals surface area contributed by atoms with Crippen LogP contribution in [0.1, 0.15) is 87.8 Å². The molecular formula is C36H42N2. The van der Waals surface area contributed by atoms with Crippen molar-refractivity contribution in [3.8, 4) is 0 Å². The number of hydrogen-bond acceptors (Lipinski definition) is 2. The summed E-state index contributed by atoms with van der Waals surface area (Å²) >= 11 is 0. The lowest BCUT2D eigenvalue weighted by Crippen LogP contribution is -2.47. The van der Waals surface area contributed by atoms with E-state index in [1.165, 1.54) is 92.4 Å². The van der Waals surface area contributed by atoms with Gasteiger partial charge < -0.3 is 9.80 Å². The fourth-order valence-electron chi connectivity index (χ4n) is 8.81. The van der Waals surface area contributed by atoms with Gasteiger partial charge in [-0.15, -0.1) is 0 Å². The molecule has 2 atom stereocenters. The monoisotopic (exact) mass is 502 g/mol. The van der Waals surface area contributed by atoms with Crippen LogP contribution in [-0.2, 0) is 5.41 Å². The molecule has 3 aromatic rings. The molecule has 0 aromatic heterocycles. The molecule has 38 heavy (non-hydrogen) atoms. The summed E-state index contributed by atoms with van der Waals surface area (Å²) in [7, 11) is 0. The van der Waals surface area contributed by atoms with E-state index in [1.807, 2.05) is 0 Å². The molecule has 2 aliphatic heterocycles. The van der Waals surface area contributed by atoms with Crippen molar-refractivity contribution < 1.29 is 0 Å². The molecule has 0 N–H and O–H groups in total. The molecule has 2 nitrogen and oxygen atoms in total. The Morgan fingerprint density at radius 3 is 1.92 bits per heavy atom. The first-order valence-corrected chi connectivity index (χ1v) is 15.2. The van der Waals surface area contributed by atoms with Crippen LogP contribution in [0.2, 0.25) is 0 Å². The van der Waals surface area contributed by atoms with Gasteiger partial charge in [0.25, 0.3) is 0 Å². The topological polar surface area (TPSA) is 6.48 Å².